The monoisotopic (exact) mass is 326 g/mol. The molecule has 5 nitrogen and oxygen atoms in total. The van der Waals surface area contributed by atoms with E-state index in [1.165, 1.54) is 6.42 Å². The van der Waals surface area contributed by atoms with E-state index in [4.69, 9.17) is 0 Å². The molecule has 1 spiro atoms. The van der Waals surface area contributed by atoms with E-state index in [1.807, 2.05) is 10.6 Å². The highest BCUT2D eigenvalue weighted by molar-refractivity contribution is 6.00. The third kappa shape index (κ3) is 2.33. The summed E-state index contributed by atoms with van der Waals surface area (Å²) in [6.45, 7) is 9.54. The van der Waals surface area contributed by atoms with Crippen LogP contribution >= 0.6 is 0 Å². The summed E-state index contributed by atoms with van der Waals surface area (Å²) in [4.78, 5) is 19.9. The van der Waals surface area contributed by atoms with Crippen molar-refractivity contribution in [1.82, 2.24) is 19.5 Å². The summed E-state index contributed by atoms with van der Waals surface area (Å²) in [5.74, 6) is 0.674. The summed E-state index contributed by atoms with van der Waals surface area (Å²) >= 11 is 0. The number of nitrogens with zero attached hydrogens (tertiary/aromatic N) is 4. The van der Waals surface area contributed by atoms with Crippen LogP contribution in [0.25, 0.3) is 5.65 Å². The average Bonchev–Trinajstić information content (AvgIpc) is 3.17. The molecule has 1 saturated heterocycles. The van der Waals surface area contributed by atoms with E-state index in [1.54, 1.807) is 12.4 Å². The summed E-state index contributed by atoms with van der Waals surface area (Å²) in [6.07, 6.45) is 8.15. The lowest BCUT2D eigenvalue weighted by atomic mass is 9.91. The van der Waals surface area contributed by atoms with Gasteiger partial charge in [0.05, 0.1) is 11.9 Å². The molecule has 2 aromatic rings. The molecular weight excluding hydrogens is 300 g/mol. The molecule has 5 heteroatoms. The van der Waals surface area contributed by atoms with Gasteiger partial charge in [-0.25, -0.2) is 9.50 Å². The fraction of sp³-hybridized carbons (Fsp3) is 0.632. The van der Waals surface area contributed by atoms with Gasteiger partial charge >= 0.3 is 0 Å². The Balaban J connectivity index is 1.76. The number of hydrogen-bond donors (Lipinski definition) is 0. The van der Waals surface area contributed by atoms with Crippen LogP contribution in [0.4, 0.5) is 0 Å². The third-order valence-corrected chi connectivity index (χ3v) is 5.64. The van der Waals surface area contributed by atoms with Crippen molar-refractivity contribution >= 4 is 11.6 Å². The van der Waals surface area contributed by atoms with Crippen LogP contribution in [-0.4, -0.2) is 37.5 Å². The van der Waals surface area contributed by atoms with Crippen molar-refractivity contribution < 1.29 is 4.79 Å². The zero-order valence-corrected chi connectivity index (χ0v) is 15.0. The minimum atomic E-state index is -0.0507. The van der Waals surface area contributed by atoms with Crippen molar-refractivity contribution in [3.63, 3.8) is 0 Å². The molecule has 2 aliphatic rings. The number of aromatic nitrogens is 3. The SMILES string of the molecule is CC1CCC2(CC2)N(C(=O)c2cnn3c(C(C)(C)C)ccnc23)C1. The van der Waals surface area contributed by atoms with Gasteiger partial charge in [-0.1, -0.05) is 27.7 Å². The molecule has 1 aliphatic carbocycles. The first-order valence-electron chi connectivity index (χ1n) is 8.97. The minimum Gasteiger partial charge on any atom is -0.333 e. The summed E-state index contributed by atoms with van der Waals surface area (Å²) in [5.41, 5.74) is 2.47. The van der Waals surface area contributed by atoms with Crippen LogP contribution in [0.1, 0.15) is 69.4 Å². The standard InChI is InChI=1S/C19H26N4O/c1-13-5-7-19(8-9-19)22(12-13)17(24)14-11-21-23-15(18(2,3)4)6-10-20-16(14)23/h6,10-11,13H,5,7-9,12H2,1-4H3. The van der Waals surface area contributed by atoms with Gasteiger partial charge in [0.1, 0.15) is 5.56 Å². The number of likely N-dealkylation sites (tertiary alicyclic amines) is 1. The Morgan fingerprint density at radius 3 is 2.71 bits per heavy atom. The van der Waals surface area contributed by atoms with Crippen LogP contribution < -0.4 is 0 Å². The molecule has 3 heterocycles. The molecular formula is C19H26N4O. The second-order valence-electron chi connectivity index (χ2n) is 8.66. The molecule has 0 N–H and O–H groups in total. The fourth-order valence-electron chi connectivity index (χ4n) is 3.96. The van der Waals surface area contributed by atoms with Crippen LogP contribution in [-0.2, 0) is 5.41 Å². The summed E-state index contributed by atoms with van der Waals surface area (Å²) in [5, 5.41) is 4.49. The van der Waals surface area contributed by atoms with Crippen LogP contribution in [0.15, 0.2) is 18.5 Å². The highest BCUT2D eigenvalue weighted by Crippen LogP contribution is 2.49. The fourth-order valence-corrected chi connectivity index (χ4v) is 3.96. The average molecular weight is 326 g/mol. The molecule has 1 saturated carbocycles. The van der Waals surface area contributed by atoms with E-state index in [9.17, 15) is 4.79 Å². The van der Waals surface area contributed by atoms with Crippen molar-refractivity contribution in [3.05, 3.63) is 29.7 Å². The molecule has 2 aromatic heterocycles. The first-order valence-corrected chi connectivity index (χ1v) is 8.97. The molecule has 1 amide bonds. The maximum Gasteiger partial charge on any atom is 0.259 e. The molecule has 4 rings (SSSR count). The topological polar surface area (TPSA) is 50.5 Å². The van der Waals surface area contributed by atoms with Gasteiger partial charge in [-0.15, -0.1) is 0 Å². The number of rotatable bonds is 1. The lowest BCUT2D eigenvalue weighted by molar-refractivity contribution is 0.0499. The van der Waals surface area contributed by atoms with Crippen LogP contribution in [0.3, 0.4) is 0 Å². The molecule has 1 atom stereocenters. The van der Waals surface area contributed by atoms with Crippen LogP contribution in [0, 0.1) is 5.92 Å². The van der Waals surface area contributed by atoms with Gasteiger partial charge in [-0.3, -0.25) is 4.79 Å². The molecule has 128 valence electrons. The minimum absolute atomic E-state index is 0.0507. The van der Waals surface area contributed by atoms with Gasteiger partial charge in [0.25, 0.3) is 5.91 Å². The molecule has 1 unspecified atom stereocenters. The smallest absolute Gasteiger partial charge is 0.259 e. The Bertz CT molecular complexity index is 797. The van der Waals surface area contributed by atoms with E-state index in [0.29, 0.717) is 17.1 Å². The van der Waals surface area contributed by atoms with Gasteiger partial charge in [-0.2, -0.15) is 5.10 Å². The Morgan fingerprint density at radius 1 is 1.29 bits per heavy atom. The van der Waals surface area contributed by atoms with E-state index in [2.05, 4.69) is 42.7 Å². The summed E-state index contributed by atoms with van der Waals surface area (Å²) in [6, 6.07) is 1.99. The normalized spacial score (nSPS) is 23.0. The first kappa shape index (κ1) is 15.6. The Hall–Kier alpha value is -1.91. The maximum atomic E-state index is 13.3. The zero-order valence-electron chi connectivity index (χ0n) is 15.0. The predicted molar refractivity (Wildman–Crippen MR) is 93.1 cm³/mol. The van der Waals surface area contributed by atoms with Crippen molar-refractivity contribution in [2.75, 3.05) is 6.54 Å². The molecule has 2 fully saturated rings. The van der Waals surface area contributed by atoms with E-state index >= 15 is 0 Å². The summed E-state index contributed by atoms with van der Waals surface area (Å²) in [7, 11) is 0. The molecule has 1 aliphatic heterocycles. The number of fused-ring (bicyclic) bond motifs is 1. The van der Waals surface area contributed by atoms with Crippen molar-refractivity contribution in [2.45, 2.75) is 64.3 Å². The first-order chi connectivity index (χ1) is 11.3. The Morgan fingerprint density at radius 2 is 2.04 bits per heavy atom. The van der Waals surface area contributed by atoms with Gasteiger partial charge in [-0.05, 0) is 37.7 Å². The van der Waals surface area contributed by atoms with E-state index in [0.717, 1.165) is 31.5 Å². The zero-order chi connectivity index (χ0) is 17.1. The Kier molecular flexibility index (Phi) is 3.28. The van der Waals surface area contributed by atoms with E-state index < -0.39 is 0 Å². The predicted octanol–water partition coefficient (Wildman–Crippen LogP) is 3.43. The van der Waals surface area contributed by atoms with Crippen molar-refractivity contribution in [1.29, 1.82) is 0 Å². The molecule has 0 bridgehead atoms. The number of carbonyl (C=O) groups excluding carboxylic acids is 1. The lowest BCUT2D eigenvalue weighted by Gasteiger charge is -2.39. The lowest BCUT2D eigenvalue weighted by Crippen LogP contribution is -2.48. The second kappa shape index (κ2) is 5.04. The van der Waals surface area contributed by atoms with Gasteiger partial charge in [0, 0.05) is 23.7 Å². The maximum absolute atomic E-state index is 13.3. The Labute approximate surface area is 143 Å². The summed E-state index contributed by atoms with van der Waals surface area (Å²) < 4.78 is 1.83. The molecule has 0 aromatic carbocycles. The second-order valence-corrected chi connectivity index (χ2v) is 8.66. The molecule has 0 radical (unpaired) electrons. The van der Waals surface area contributed by atoms with Gasteiger partial charge in [0.2, 0.25) is 0 Å². The largest absolute Gasteiger partial charge is 0.333 e. The number of carbonyl (C=O) groups is 1. The highest BCUT2D eigenvalue weighted by atomic mass is 16.2. The third-order valence-electron chi connectivity index (χ3n) is 5.64. The highest BCUT2D eigenvalue weighted by Gasteiger charge is 2.52. The van der Waals surface area contributed by atoms with Crippen LogP contribution in [0.5, 0.6) is 0 Å². The van der Waals surface area contributed by atoms with Gasteiger partial charge in [0.15, 0.2) is 5.65 Å². The number of amides is 1. The van der Waals surface area contributed by atoms with Gasteiger partial charge < -0.3 is 4.90 Å². The van der Waals surface area contributed by atoms with Crippen molar-refractivity contribution in [2.24, 2.45) is 5.92 Å². The number of piperidine rings is 1. The van der Waals surface area contributed by atoms with E-state index in [-0.39, 0.29) is 16.9 Å². The quantitative estimate of drug-likeness (QED) is 0.807. The van der Waals surface area contributed by atoms with Crippen molar-refractivity contribution in [3.8, 4) is 0 Å². The number of hydrogen-bond acceptors (Lipinski definition) is 3. The molecule has 24 heavy (non-hydrogen) atoms. The van der Waals surface area contributed by atoms with Crippen LogP contribution in [0.2, 0.25) is 0 Å².